The van der Waals surface area contributed by atoms with Crippen molar-refractivity contribution in [2.45, 2.75) is 39.8 Å². The van der Waals surface area contributed by atoms with Crippen LogP contribution in [0.2, 0.25) is 0 Å². The van der Waals surface area contributed by atoms with Gasteiger partial charge in [-0.2, -0.15) is 0 Å². The van der Waals surface area contributed by atoms with Crippen molar-refractivity contribution < 1.29 is 0 Å². The van der Waals surface area contributed by atoms with Crippen molar-refractivity contribution >= 4 is 0 Å². The predicted molar refractivity (Wildman–Crippen MR) is 84.5 cm³/mol. The van der Waals surface area contributed by atoms with Gasteiger partial charge in [0.25, 0.3) is 0 Å². The maximum atomic E-state index is 4.16. The lowest BCUT2D eigenvalue weighted by Crippen LogP contribution is -2.18. The zero-order valence-corrected chi connectivity index (χ0v) is 12.6. The average Bonchev–Trinajstić information content (AvgIpc) is 2.46. The molecule has 0 saturated carbocycles. The van der Waals surface area contributed by atoms with Crippen LogP contribution in [0.4, 0.5) is 0 Å². The smallest absolute Gasteiger partial charge is 0.0315 e. The summed E-state index contributed by atoms with van der Waals surface area (Å²) in [5, 5.41) is 3.54. The molecule has 2 nitrogen and oxygen atoms in total. The van der Waals surface area contributed by atoms with Crippen LogP contribution in [0.3, 0.4) is 0 Å². The summed E-state index contributed by atoms with van der Waals surface area (Å²) in [6, 6.07) is 13.3. The maximum Gasteiger partial charge on any atom is 0.0315 e. The molecule has 0 radical (unpaired) electrons. The predicted octanol–water partition coefficient (Wildman–Crippen LogP) is 4.13. The van der Waals surface area contributed by atoms with Crippen LogP contribution in [-0.2, 0) is 13.0 Å². The van der Waals surface area contributed by atoms with E-state index < -0.39 is 0 Å². The lowest BCUT2D eigenvalue weighted by atomic mass is 10.0. The molecule has 1 aromatic carbocycles. The van der Waals surface area contributed by atoms with E-state index in [9.17, 15) is 0 Å². The van der Waals surface area contributed by atoms with Gasteiger partial charge in [0, 0.05) is 25.0 Å². The van der Waals surface area contributed by atoms with Gasteiger partial charge in [-0.15, -0.1) is 0 Å². The molecule has 0 aliphatic rings. The molecular weight excluding hydrogens is 244 g/mol. The van der Waals surface area contributed by atoms with Crippen LogP contribution in [0.15, 0.2) is 48.8 Å². The topological polar surface area (TPSA) is 24.9 Å². The minimum Gasteiger partial charge on any atom is -0.306 e. The number of hydrogen-bond donors (Lipinski definition) is 1. The van der Waals surface area contributed by atoms with Crippen molar-refractivity contribution in [1.82, 2.24) is 10.3 Å². The molecule has 0 bridgehead atoms. The Morgan fingerprint density at radius 2 is 1.70 bits per heavy atom. The first-order valence-corrected chi connectivity index (χ1v) is 7.36. The molecule has 106 valence electrons. The Hall–Kier alpha value is -1.67. The van der Waals surface area contributed by atoms with Gasteiger partial charge >= 0.3 is 0 Å². The SMILES string of the molecule is CC(C)Cc1ccc(CN[C@@H](C)c2cccnc2)cc1. The Bertz CT molecular complexity index is 503. The quantitative estimate of drug-likeness (QED) is 0.852. The minimum atomic E-state index is 0.319. The summed E-state index contributed by atoms with van der Waals surface area (Å²) >= 11 is 0. The third-order valence-electron chi connectivity index (χ3n) is 3.46. The third-order valence-corrected chi connectivity index (χ3v) is 3.46. The van der Waals surface area contributed by atoms with Gasteiger partial charge in [-0.3, -0.25) is 4.98 Å². The monoisotopic (exact) mass is 268 g/mol. The normalized spacial score (nSPS) is 12.6. The van der Waals surface area contributed by atoms with E-state index in [1.807, 2.05) is 18.5 Å². The molecule has 2 heteroatoms. The molecule has 0 fully saturated rings. The summed E-state index contributed by atoms with van der Waals surface area (Å²) in [4.78, 5) is 4.16. The zero-order chi connectivity index (χ0) is 14.4. The average molecular weight is 268 g/mol. The highest BCUT2D eigenvalue weighted by atomic mass is 14.9. The highest BCUT2D eigenvalue weighted by Crippen LogP contribution is 2.13. The summed E-state index contributed by atoms with van der Waals surface area (Å²) in [6.07, 6.45) is 4.88. The van der Waals surface area contributed by atoms with Gasteiger partial charge in [-0.05, 0) is 42.0 Å². The van der Waals surface area contributed by atoms with E-state index in [2.05, 4.69) is 61.4 Å². The van der Waals surface area contributed by atoms with Crippen LogP contribution < -0.4 is 5.32 Å². The molecule has 2 rings (SSSR count). The number of hydrogen-bond acceptors (Lipinski definition) is 2. The molecule has 1 heterocycles. The van der Waals surface area contributed by atoms with Crippen molar-refractivity contribution in [2.24, 2.45) is 5.92 Å². The summed E-state index contributed by atoms with van der Waals surface area (Å²) in [5.74, 6) is 0.713. The number of aromatic nitrogens is 1. The molecule has 20 heavy (non-hydrogen) atoms. The number of rotatable bonds is 6. The number of pyridine rings is 1. The molecule has 0 amide bonds. The van der Waals surface area contributed by atoms with Gasteiger partial charge in [-0.1, -0.05) is 44.2 Å². The molecule has 0 saturated heterocycles. The Morgan fingerprint density at radius 1 is 1.00 bits per heavy atom. The van der Waals surface area contributed by atoms with E-state index >= 15 is 0 Å². The zero-order valence-electron chi connectivity index (χ0n) is 12.6. The van der Waals surface area contributed by atoms with Crippen LogP contribution in [0, 0.1) is 5.92 Å². The first kappa shape index (κ1) is 14.7. The van der Waals surface area contributed by atoms with Crippen molar-refractivity contribution in [1.29, 1.82) is 0 Å². The largest absolute Gasteiger partial charge is 0.306 e. The Labute approximate surface area is 122 Å². The molecule has 1 atom stereocenters. The molecule has 0 aliphatic heterocycles. The van der Waals surface area contributed by atoms with Crippen LogP contribution >= 0.6 is 0 Å². The first-order chi connectivity index (χ1) is 9.65. The summed E-state index contributed by atoms with van der Waals surface area (Å²) in [6.45, 7) is 7.57. The second kappa shape index (κ2) is 7.20. The van der Waals surface area contributed by atoms with Crippen molar-refractivity contribution in [3.05, 3.63) is 65.5 Å². The lowest BCUT2D eigenvalue weighted by molar-refractivity contribution is 0.573. The number of nitrogens with zero attached hydrogens (tertiary/aromatic N) is 1. The van der Waals surface area contributed by atoms with Crippen molar-refractivity contribution in [3.8, 4) is 0 Å². The van der Waals surface area contributed by atoms with Gasteiger partial charge in [0.05, 0.1) is 0 Å². The van der Waals surface area contributed by atoms with Crippen molar-refractivity contribution in [2.75, 3.05) is 0 Å². The third kappa shape index (κ3) is 4.46. The first-order valence-electron chi connectivity index (χ1n) is 7.36. The lowest BCUT2D eigenvalue weighted by Gasteiger charge is -2.14. The van der Waals surface area contributed by atoms with Gasteiger partial charge < -0.3 is 5.32 Å². The Balaban J connectivity index is 1.88. The second-order valence-corrected chi connectivity index (χ2v) is 5.80. The minimum absolute atomic E-state index is 0.319. The van der Waals surface area contributed by atoms with E-state index in [4.69, 9.17) is 0 Å². The van der Waals surface area contributed by atoms with E-state index in [0.29, 0.717) is 12.0 Å². The number of nitrogens with one attached hydrogen (secondary N) is 1. The van der Waals surface area contributed by atoms with E-state index in [1.165, 1.54) is 16.7 Å². The summed E-state index contributed by atoms with van der Waals surface area (Å²) < 4.78 is 0. The van der Waals surface area contributed by atoms with Crippen molar-refractivity contribution in [3.63, 3.8) is 0 Å². The van der Waals surface area contributed by atoms with Gasteiger partial charge in [-0.25, -0.2) is 0 Å². The Morgan fingerprint density at radius 3 is 2.30 bits per heavy atom. The fourth-order valence-corrected chi connectivity index (χ4v) is 2.29. The summed E-state index contributed by atoms with van der Waals surface area (Å²) in [5.41, 5.74) is 3.97. The molecule has 0 unspecified atom stereocenters. The maximum absolute atomic E-state index is 4.16. The highest BCUT2D eigenvalue weighted by Gasteiger charge is 2.04. The van der Waals surface area contributed by atoms with Crippen LogP contribution in [0.25, 0.3) is 0 Å². The molecule has 0 aliphatic carbocycles. The molecule has 1 aromatic heterocycles. The standard InChI is InChI=1S/C18H24N2/c1-14(2)11-16-6-8-17(9-7-16)12-20-15(3)18-5-4-10-19-13-18/h4-10,13-15,20H,11-12H2,1-3H3/t15-/m0/s1. The van der Waals surface area contributed by atoms with E-state index in [-0.39, 0.29) is 0 Å². The molecule has 2 aromatic rings. The van der Waals surface area contributed by atoms with Crippen LogP contribution in [-0.4, -0.2) is 4.98 Å². The fraction of sp³-hybridized carbons (Fsp3) is 0.389. The van der Waals surface area contributed by atoms with E-state index in [1.54, 1.807) is 0 Å². The second-order valence-electron chi connectivity index (χ2n) is 5.80. The Kier molecular flexibility index (Phi) is 5.31. The molecule has 0 spiro atoms. The molecular formula is C18H24N2. The van der Waals surface area contributed by atoms with Gasteiger partial charge in [0.1, 0.15) is 0 Å². The van der Waals surface area contributed by atoms with Crippen LogP contribution in [0.1, 0.15) is 43.5 Å². The number of benzene rings is 1. The van der Waals surface area contributed by atoms with E-state index in [0.717, 1.165) is 13.0 Å². The van der Waals surface area contributed by atoms with Crippen LogP contribution in [0.5, 0.6) is 0 Å². The summed E-state index contributed by atoms with van der Waals surface area (Å²) in [7, 11) is 0. The molecule has 1 N–H and O–H groups in total. The van der Waals surface area contributed by atoms with Gasteiger partial charge in [0.2, 0.25) is 0 Å². The fourth-order valence-electron chi connectivity index (χ4n) is 2.29. The van der Waals surface area contributed by atoms with Gasteiger partial charge in [0.15, 0.2) is 0 Å². The highest BCUT2D eigenvalue weighted by molar-refractivity contribution is 5.23.